The van der Waals surface area contributed by atoms with Gasteiger partial charge in [0.15, 0.2) is 0 Å². The van der Waals surface area contributed by atoms with Gasteiger partial charge >= 0.3 is 136 Å². The molecule has 5 N–H and O–H groups in total. The van der Waals surface area contributed by atoms with Crippen molar-refractivity contribution in [3.63, 3.8) is 0 Å². The summed E-state index contributed by atoms with van der Waals surface area (Å²) < 4.78 is 42.4. The first-order valence-electron chi connectivity index (χ1n) is 8.09. The average molecular weight is 481 g/mol. The first-order chi connectivity index (χ1) is 12.3. The molecule has 27 heavy (non-hydrogen) atoms. The fourth-order valence-corrected chi connectivity index (χ4v) is 5.37. The van der Waals surface area contributed by atoms with Crippen LogP contribution in [0.5, 0.6) is 0 Å². The first-order valence-corrected chi connectivity index (χ1v) is 15.4. The second kappa shape index (κ2) is 10.8. The van der Waals surface area contributed by atoms with Gasteiger partial charge in [-0.15, -0.1) is 0 Å². The molecule has 0 aromatic carbocycles. The van der Waals surface area contributed by atoms with E-state index in [0.717, 1.165) is 0 Å². The number of phosphoric ester groups is 1. The molecular weight excluding hydrogens is 454 g/mol. The Hall–Kier alpha value is 0.188. The van der Waals surface area contributed by atoms with Crippen LogP contribution in [0.25, 0.3) is 0 Å². The minimum atomic E-state index is -4.80. The van der Waals surface area contributed by atoms with Crippen molar-refractivity contribution in [3.8, 4) is 0 Å². The van der Waals surface area contributed by atoms with Crippen LogP contribution in [0.15, 0.2) is 0 Å². The molecule has 12 nitrogen and oxygen atoms in total. The second-order valence-corrected chi connectivity index (χ2v) is 15.4. The van der Waals surface area contributed by atoms with Crippen LogP contribution in [0, 0.1) is 0 Å². The molecule has 1 heterocycles. The molecule has 0 aromatic heterocycles. The summed E-state index contributed by atoms with van der Waals surface area (Å²) in [5, 5.41) is 47.2. The zero-order chi connectivity index (χ0) is 20.8. The van der Waals surface area contributed by atoms with E-state index in [1.807, 2.05) is 0 Å². The average Bonchev–Trinajstić information content (AvgIpc) is 2.82. The van der Waals surface area contributed by atoms with Gasteiger partial charge in [0.25, 0.3) is 0 Å². The van der Waals surface area contributed by atoms with E-state index in [2.05, 4.69) is 9.05 Å². The van der Waals surface area contributed by atoms with E-state index >= 15 is 0 Å². The summed E-state index contributed by atoms with van der Waals surface area (Å²) in [5.74, 6) is 0. The van der Waals surface area contributed by atoms with Gasteiger partial charge in [0.2, 0.25) is 0 Å². The van der Waals surface area contributed by atoms with E-state index in [9.17, 15) is 28.5 Å². The fraction of sp³-hybridized carbons (Fsp3) is 1.00. The van der Waals surface area contributed by atoms with Crippen molar-refractivity contribution in [3.05, 3.63) is 0 Å². The van der Waals surface area contributed by atoms with Crippen molar-refractivity contribution in [2.24, 2.45) is 0 Å². The van der Waals surface area contributed by atoms with Gasteiger partial charge in [-0.3, -0.25) is 0 Å². The Morgan fingerprint density at radius 2 is 1.67 bits per heavy atom. The van der Waals surface area contributed by atoms with Gasteiger partial charge in [0.05, 0.1) is 6.61 Å². The van der Waals surface area contributed by atoms with Crippen LogP contribution in [0.1, 0.15) is 0 Å². The van der Waals surface area contributed by atoms with Crippen molar-refractivity contribution in [2.45, 2.75) is 53.4 Å². The van der Waals surface area contributed by atoms with Crippen molar-refractivity contribution < 1.29 is 57.3 Å². The molecule has 0 radical (unpaired) electrons. The number of ether oxygens (including phenoxy) is 2. The van der Waals surface area contributed by atoms with Crippen LogP contribution in [0.2, 0.25) is 16.6 Å². The van der Waals surface area contributed by atoms with Gasteiger partial charge < -0.3 is 10.2 Å². The molecule has 1 aliphatic heterocycles. The van der Waals surface area contributed by atoms with Crippen molar-refractivity contribution >= 4 is 21.3 Å². The topological polar surface area (TPSA) is 195 Å². The predicted octanol–water partition coefficient (Wildman–Crippen LogP) is -2.70. The van der Waals surface area contributed by atoms with Gasteiger partial charge in [-0.2, -0.15) is 0 Å². The van der Waals surface area contributed by atoms with Gasteiger partial charge in [-0.25, -0.2) is 0 Å². The molecule has 1 aliphatic rings. The zero-order valence-corrected chi connectivity index (χ0v) is 17.8. The summed E-state index contributed by atoms with van der Waals surface area (Å²) in [7, 11) is -4.80. The van der Waals surface area contributed by atoms with E-state index in [0.29, 0.717) is 0 Å². The molecule has 0 bridgehead atoms. The third-order valence-electron chi connectivity index (χ3n) is 3.45. The molecule has 0 spiro atoms. The molecule has 0 aromatic rings. The van der Waals surface area contributed by atoms with Gasteiger partial charge in [0, 0.05) is 0 Å². The van der Waals surface area contributed by atoms with Gasteiger partial charge in [-0.1, -0.05) is 0 Å². The maximum atomic E-state index is 11.9. The molecular formula is C13H27AsO12P-. The normalized spacial score (nSPS) is 30.8. The SMILES string of the molecule is C[As](C)(=O)C[C@H]1O[C@@H](OCC(O)COP(=O)([O-])OCC(O)CO)[C@H](O)[C@@H]1O. The van der Waals surface area contributed by atoms with Crippen LogP contribution in [0.4, 0.5) is 0 Å². The van der Waals surface area contributed by atoms with Crippen molar-refractivity contribution in [1.29, 1.82) is 0 Å². The Bertz CT molecular complexity index is 541. The standard InChI is InChI=1S/C13H28AsO12P/c1-14(2,20)3-10-11(18)12(19)13(26-10)23-5-9(17)7-25-27(21,22)24-6-8(16)4-15/h8-13,15-19H,3-7H2,1-2H3,(H,21,22)/p-1/t8?,9?,10-,11-,12-,13-/m1/s1. The van der Waals surface area contributed by atoms with Crippen LogP contribution in [0.3, 0.4) is 0 Å². The summed E-state index contributed by atoms with van der Waals surface area (Å²) in [6.45, 7) is -2.61. The Morgan fingerprint density at radius 1 is 1.11 bits per heavy atom. The summed E-state index contributed by atoms with van der Waals surface area (Å²) >= 11 is -3.14. The molecule has 1 fully saturated rings. The molecule has 1 saturated heterocycles. The van der Waals surface area contributed by atoms with Crippen molar-refractivity contribution in [2.75, 3.05) is 26.4 Å². The molecule has 3 unspecified atom stereocenters. The number of aliphatic hydroxyl groups is 5. The quantitative estimate of drug-likeness (QED) is 0.143. The zero-order valence-electron chi connectivity index (χ0n) is 15.0. The molecule has 1 rings (SSSR count). The van der Waals surface area contributed by atoms with Crippen LogP contribution >= 0.6 is 7.82 Å². The molecule has 0 aliphatic carbocycles. The van der Waals surface area contributed by atoms with E-state index in [-0.39, 0.29) is 5.21 Å². The van der Waals surface area contributed by atoms with Crippen molar-refractivity contribution in [1.82, 2.24) is 0 Å². The molecule has 7 atom stereocenters. The third kappa shape index (κ3) is 9.49. The summed E-state index contributed by atoms with van der Waals surface area (Å²) in [5.41, 5.74) is 3.14. The maximum absolute atomic E-state index is 11.9. The minimum absolute atomic E-state index is 0.0956. The Labute approximate surface area is 158 Å². The van der Waals surface area contributed by atoms with Crippen LogP contribution in [-0.2, 0) is 26.8 Å². The number of rotatable bonds is 12. The third-order valence-corrected chi connectivity index (χ3v) is 6.98. The van der Waals surface area contributed by atoms with Gasteiger partial charge in [-0.05, 0) is 0 Å². The van der Waals surface area contributed by atoms with Crippen LogP contribution < -0.4 is 4.89 Å². The van der Waals surface area contributed by atoms with E-state index in [1.54, 1.807) is 11.4 Å². The second-order valence-electron chi connectivity index (χ2n) is 6.64. The molecule has 0 amide bonds. The Morgan fingerprint density at radius 3 is 2.19 bits per heavy atom. The molecule has 0 saturated carbocycles. The summed E-state index contributed by atoms with van der Waals surface area (Å²) in [4.78, 5) is 11.4. The first kappa shape index (κ1) is 25.2. The van der Waals surface area contributed by atoms with E-state index < -0.39 is 84.6 Å². The Kier molecular flexibility index (Phi) is 10.1. The van der Waals surface area contributed by atoms with Gasteiger partial charge in [0.1, 0.15) is 6.10 Å². The van der Waals surface area contributed by atoms with E-state index in [1.165, 1.54) is 0 Å². The summed E-state index contributed by atoms with van der Waals surface area (Å²) in [6.07, 6.45) is -7.70. The van der Waals surface area contributed by atoms with Crippen LogP contribution in [-0.4, -0.2) is 102 Å². The number of aliphatic hydroxyl groups excluding tert-OH is 5. The monoisotopic (exact) mass is 481 g/mol. The van der Waals surface area contributed by atoms with E-state index in [4.69, 9.17) is 19.7 Å². The number of hydrogen-bond acceptors (Lipinski definition) is 12. The Balaban J connectivity index is 2.38. The summed E-state index contributed by atoms with van der Waals surface area (Å²) in [6, 6.07) is 0. The molecule has 14 heteroatoms. The molecule has 162 valence electrons. The number of hydrogen-bond donors (Lipinski definition) is 5. The number of phosphoric acid groups is 1. The fourth-order valence-electron chi connectivity index (χ4n) is 2.14. The predicted molar refractivity (Wildman–Crippen MR) is 88.2 cm³/mol.